The minimum atomic E-state index is -0.213. The van der Waals surface area contributed by atoms with Gasteiger partial charge in [0.2, 0.25) is 0 Å². The van der Waals surface area contributed by atoms with E-state index in [1.807, 2.05) is 0 Å². The van der Waals surface area contributed by atoms with E-state index in [0.29, 0.717) is 4.88 Å². The monoisotopic (exact) mass is 195 g/mol. The van der Waals surface area contributed by atoms with Crippen LogP contribution in [-0.2, 0) is 0 Å². The average Bonchev–Trinajstić information content (AvgIpc) is 2.67. The molecule has 0 N–H and O–H groups in total. The highest BCUT2D eigenvalue weighted by atomic mass is 32.1. The van der Waals surface area contributed by atoms with Crippen LogP contribution >= 0.6 is 11.5 Å². The van der Waals surface area contributed by atoms with Crippen LogP contribution in [-0.4, -0.2) is 33.5 Å². The standard InChI is InChI=1S/C8H9N3OS/c1-4-6(2)11(3)8(12)7-5-9-10-13-7/h1,5-6H,2-3H3. The van der Waals surface area contributed by atoms with Gasteiger partial charge in [-0.2, -0.15) is 0 Å². The molecular formula is C8H9N3OS. The summed E-state index contributed by atoms with van der Waals surface area (Å²) in [7, 11) is 1.66. The van der Waals surface area contributed by atoms with E-state index >= 15 is 0 Å². The lowest BCUT2D eigenvalue weighted by Gasteiger charge is -2.18. The second-order valence-electron chi connectivity index (χ2n) is 2.54. The molecule has 4 nitrogen and oxygen atoms in total. The van der Waals surface area contributed by atoms with Crippen LogP contribution in [0.3, 0.4) is 0 Å². The molecule has 1 aromatic rings. The first-order valence-corrected chi connectivity index (χ1v) is 4.44. The fraction of sp³-hybridized carbons (Fsp3) is 0.375. The summed E-state index contributed by atoms with van der Waals surface area (Å²) in [5, 5.41) is 3.58. The highest BCUT2D eigenvalue weighted by Crippen LogP contribution is 2.07. The molecule has 1 amide bonds. The zero-order chi connectivity index (χ0) is 9.84. The molecule has 0 aliphatic carbocycles. The molecule has 0 bridgehead atoms. The summed E-state index contributed by atoms with van der Waals surface area (Å²) in [6.45, 7) is 1.78. The molecule has 13 heavy (non-hydrogen) atoms. The first-order chi connectivity index (χ1) is 6.16. The molecule has 0 fully saturated rings. The van der Waals surface area contributed by atoms with E-state index in [0.717, 1.165) is 11.5 Å². The van der Waals surface area contributed by atoms with E-state index in [2.05, 4.69) is 15.5 Å². The quantitative estimate of drug-likeness (QED) is 0.650. The van der Waals surface area contributed by atoms with Gasteiger partial charge in [0, 0.05) is 7.05 Å². The number of rotatable bonds is 2. The molecule has 0 radical (unpaired) electrons. The van der Waals surface area contributed by atoms with Crippen LogP contribution in [0.25, 0.3) is 0 Å². The average molecular weight is 195 g/mol. The lowest BCUT2D eigenvalue weighted by atomic mass is 10.3. The molecule has 1 rings (SSSR count). The number of hydrogen-bond donors (Lipinski definition) is 0. The zero-order valence-corrected chi connectivity index (χ0v) is 8.21. The van der Waals surface area contributed by atoms with Gasteiger partial charge in [0.05, 0.1) is 12.2 Å². The van der Waals surface area contributed by atoms with Gasteiger partial charge in [0.25, 0.3) is 5.91 Å². The summed E-state index contributed by atoms with van der Waals surface area (Å²) in [5.41, 5.74) is 0. The van der Waals surface area contributed by atoms with Gasteiger partial charge < -0.3 is 4.90 Å². The minimum absolute atomic E-state index is 0.138. The van der Waals surface area contributed by atoms with Gasteiger partial charge in [-0.1, -0.05) is 10.4 Å². The smallest absolute Gasteiger partial charge is 0.267 e. The number of aromatic nitrogens is 2. The number of hydrogen-bond acceptors (Lipinski definition) is 4. The summed E-state index contributed by atoms with van der Waals surface area (Å²) < 4.78 is 3.60. The van der Waals surface area contributed by atoms with E-state index < -0.39 is 0 Å². The molecule has 1 unspecified atom stereocenters. The van der Waals surface area contributed by atoms with Crippen molar-refractivity contribution in [1.82, 2.24) is 14.5 Å². The van der Waals surface area contributed by atoms with Gasteiger partial charge in [-0.25, -0.2) is 0 Å². The van der Waals surface area contributed by atoms with Crippen LogP contribution in [0.1, 0.15) is 16.6 Å². The van der Waals surface area contributed by atoms with Crippen molar-refractivity contribution in [2.24, 2.45) is 0 Å². The summed E-state index contributed by atoms with van der Waals surface area (Å²) in [6.07, 6.45) is 6.63. The van der Waals surface area contributed by atoms with Crippen LogP contribution in [0.2, 0.25) is 0 Å². The fourth-order valence-corrected chi connectivity index (χ4v) is 1.22. The van der Waals surface area contributed by atoms with Crippen molar-refractivity contribution in [1.29, 1.82) is 0 Å². The Balaban J connectivity index is 2.75. The topological polar surface area (TPSA) is 46.1 Å². The summed E-state index contributed by atoms with van der Waals surface area (Å²) in [6, 6.07) is -0.213. The van der Waals surface area contributed by atoms with Crippen molar-refractivity contribution >= 4 is 17.4 Å². The van der Waals surface area contributed by atoms with Crippen molar-refractivity contribution in [3.05, 3.63) is 11.1 Å². The third kappa shape index (κ3) is 2.04. The summed E-state index contributed by atoms with van der Waals surface area (Å²) in [4.78, 5) is 13.6. The second kappa shape index (κ2) is 4.01. The third-order valence-corrected chi connectivity index (χ3v) is 2.37. The van der Waals surface area contributed by atoms with Gasteiger partial charge >= 0.3 is 0 Å². The number of carbonyl (C=O) groups excluding carboxylic acids is 1. The minimum Gasteiger partial charge on any atom is -0.327 e. The van der Waals surface area contributed by atoms with Gasteiger partial charge in [-0.15, -0.1) is 11.5 Å². The maximum atomic E-state index is 11.6. The Morgan fingerprint density at radius 2 is 2.54 bits per heavy atom. The number of terminal acetylenes is 1. The van der Waals surface area contributed by atoms with Crippen LogP contribution < -0.4 is 0 Å². The molecule has 0 aliphatic rings. The maximum Gasteiger partial charge on any atom is 0.267 e. The lowest BCUT2D eigenvalue weighted by molar-refractivity contribution is 0.0779. The zero-order valence-electron chi connectivity index (χ0n) is 7.39. The van der Waals surface area contributed by atoms with Gasteiger partial charge in [-0.3, -0.25) is 4.79 Å². The number of nitrogens with zero attached hydrogens (tertiary/aromatic N) is 3. The van der Waals surface area contributed by atoms with Crippen LogP contribution in [0.15, 0.2) is 6.20 Å². The third-order valence-electron chi connectivity index (χ3n) is 1.71. The molecule has 0 aromatic carbocycles. The van der Waals surface area contributed by atoms with Crippen LogP contribution in [0, 0.1) is 12.3 Å². The van der Waals surface area contributed by atoms with E-state index in [-0.39, 0.29) is 11.9 Å². The van der Waals surface area contributed by atoms with Crippen molar-refractivity contribution in [3.8, 4) is 12.3 Å². The number of carbonyl (C=O) groups is 1. The first kappa shape index (κ1) is 9.68. The van der Waals surface area contributed by atoms with E-state index in [9.17, 15) is 4.79 Å². The molecule has 0 saturated heterocycles. The van der Waals surface area contributed by atoms with Gasteiger partial charge in [0.1, 0.15) is 4.88 Å². The largest absolute Gasteiger partial charge is 0.327 e. The molecule has 0 saturated carbocycles. The van der Waals surface area contributed by atoms with Crippen molar-refractivity contribution in [2.45, 2.75) is 13.0 Å². The predicted octanol–water partition coefficient (Wildman–Crippen LogP) is 0.632. The Bertz CT molecular complexity index is 328. The van der Waals surface area contributed by atoms with Crippen molar-refractivity contribution < 1.29 is 4.79 Å². The molecule has 68 valence electrons. The van der Waals surface area contributed by atoms with E-state index in [1.165, 1.54) is 11.1 Å². The van der Waals surface area contributed by atoms with Crippen molar-refractivity contribution in [2.75, 3.05) is 7.05 Å². The predicted molar refractivity (Wildman–Crippen MR) is 50.3 cm³/mol. The first-order valence-electron chi connectivity index (χ1n) is 3.67. The number of amides is 1. The molecule has 0 aliphatic heterocycles. The van der Waals surface area contributed by atoms with Crippen molar-refractivity contribution in [3.63, 3.8) is 0 Å². The molecule has 1 heterocycles. The van der Waals surface area contributed by atoms with Crippen LogP contribution in [0.5, 0.6) is 0 Å². The fourth-order valence-electron chi connectivity index (χ4n) is 0.723. The molecular weight excluding hydrogens is 186 g/mol. The van der Waals surface area contributed by atoms with E-state index in [4.69, 9.17) is 6.42 Å². The Morgan fingerprint density at radius 1 is 1.85 bits per heavy atom. The SMILES string of the molecule is C#CC(C)N(C)C(=O)c1cnns1. The van der Waals surface area contributed by atoms with Gasteiger partial charge in [-0.05, 0) is 18.5 Å². The second-order valence-corrected chi connectivity index (χ2v) is 3.33. The Kier molecular flexibility index (Phi) is 2.98. The molecule has 1 atom stereocenters. The van der Waals surface area contributed by atoms with Crippen LogP contribution in [0.4, 0.5) is 0 Å². The Hall–Kier alpha value is -1.41. The Morgan fingerprint density at radius 3 is 3.00 bits per heavy atom. The lowest BCUT2D eigenvalue weighted by Crippen LogP contribution is -2.33. The highest BCUT2D eigenvalue weighted by molar-refractivity contribution is 7.07. The van der Waals surface area contributed by atoms with Gasteiger partial charge in [0.15, 0.2) is 0 Å². The highest BCUT2D eigenvalue weighted by Gasteiger charge is 2.17. The molecule has 5 heteroatoms. The summed E-state index contributed by atoms with van der Waals surface area (Å²) in [5.74, 6) is 2.34. The maximum absolute atomic E-state index is 11.6. The Labute approximate surface area is 80.7 Å². The summed E-state index contributed by atoms with van der Waals surface area (Å²) >= 11 is 1.07. The molecule has 0 spiro atoms. The normalized spacial score (nSPS) is 11.8. The molecule has 1 aromatic heterocycles. The van der Waals surface area contributed by atoms with E-state index in [1.54, 1.807) is 14.0 Å².